The minimum Gasteiger partial charge on any atom is -0.317 e. The van der Waals surface area contributed by atoms with E-state index in [1.54, 1.807) is 0 Å². The summed E-state index contributed by atoms with van der Waals surface area (Å²) >= 11 is 7.83. The Bertz CT molecular complexity index is 500. The molecule has 0 unspecified atom stereocenters. The zero-order chi connectivity index (χ0) is 11.0. The fourth-order valence-corrected chi connectivity index (χ4v) is 3.79. The zero-order valence-electron chi connectivity index (χ0n) is 9.00. The Morgan fingerprint density at radius 3 is 2.88 bits per heavy atom. The van der Waals surface area contributed by atoms with Crippen LogP contribution < -0.4 is 5.32 Å². The highest BCUT2D eigenvalue weighted by atomic mass is 35.5. The Morgan fingerprint density at radius 2 is 2.06 bits per heavy atom. The van der Waals surface area contributed by atoms with Gasteiger partial charge in [-0.3, -0.25) is 0 Å². The number of halogens is 1. The average molecular weight is 252 g/mol. The van der Waals surface area contributed by atoms with Crippen LogP contribution >= 0.6 is 22.9 Å². The molecule has 1 aliphatic rings. The Kier molecular flexibility index (Phi) is 2.88. The molecule has 0 bridgehead atoms. The van der Waals surface area contributed by atoms with Crippen molar-refractivity contribution in [1.82, 2.24) is 5.32 Å². The van der Waals surface area contributed by atoms with Gasteiger partial charge in [0.2, 0.25) is 0 Å². The van der Waals surface area contributed by atoms with Gasteiger partial charge in [-0.05, 0) is 60.3 Å². The van der Waals surface area contributed by atoms with Crippen LogP contribution in [0.5, 0.6) is 0 Å². The summed E-state index contributed by atoms with van der Waals surface area (Å²) in [6.45, 7) is 2.30. The van der Waals surface area contributed by atoms with Crippen LogP contribution in [0.15, 0.2) is 23.6 Å². The van der Waals surface area contributed by atoms with Crippen molar-refractivity contribution >= 4 is 33.0 Å². The number of benzene rings is 1. The van der Waals surface area contributed by atoms with Gasteiger partial charge in [0, 0.05) is 9.72 Å². The molecule has 2 aromatic rings. The minimum absolute atomic E-state index is 0.733. The van der Waals surface area contributed by atoms with Crippen molar-refractivity contribution in [3.63, 3.8) is 0 Å². The van der Waals surface area contributed by atoms with E-state index >= 15 is 0 Å². The van der Waals surface area contributed by atoms with E-state index in [1.807, 2.05) is 17.4 Å². The number of hydrogen-bond acceptors (Lipinski definition) is 2. The lowest BCUT2D eigenvalue weighted by molar-refractivity contribution is 0.463. The number of hydrogen-bond donors (Lipinski definition) is 1. The Hall–Kier alpha value is -0.570. The zero-order valence-corrected chi connectivity index (χ0v) is 10.6. The molecule has 1 N–H and O–H groups in total. The smallest absolute Gasteiger partial charge is 0.0420 e. The van der Waals surface area contributed by atoms with Gasteiger partial charge in [-0.25, -0.2) is 0 Å². The molecule has 0 atom stereocenters. The molecule has 0 spiro atoms. The summed E-state index contributed by atoms with van der Waals surface area (Å²) in [5.74, 6) is 0.733. The van der Waals surface area contributed by atoms with Gasteiger partial charge in [0.15, 0.2) is 0 Å². The van der Waals surface area contributed by atoms with Gasteiger partial charge in [-0.2, -0.15) is 0 Å². The average Bonchev–Trinajstić information content (AvgIpc) is 2.73. The third-order valence-electron chi connectivity index (χ3n) is 3.35. The van der Waals surface area contributed by atoms with Crippen LogP contribution in [0.1, 0.15) is 24.3 Å². The molecular weight excluding hydrogens is 238 g/mol. The van der Waals surface area contributed by atoms with Gasteiger partial charge >= 0.3 is 0 Å². The van der Waals surface area contributed by atoms with E-state index < -0.39 is 0 Å². The maximum absolute atomic E-state index is 6.01. The van der Waals surface area contributed by atoms with E-state index in [9.17, 15) is 0 Å². The normalized spacial score (nSPS) is 18.1. The van der Waals surface area contributed by atoms with Gasteiger partial charge in [-0.1, -0.05) is 17.7 Å². The fourth-order valence-electron chi connectivity index (χ4n) is 2.47. The summed E-state index contributed by atoms with van der Waals surface area (Å²) in [7, 11) is 0. The highest BCUT2D eigenvalue weighted by Crippen LogP contribution is 2.36. The molecule has 16 heavy (non-hydrogen) atoms. The molecule has 0 aliphatic carbocycles. The highest BCUT2D eigenvalue weighted by molar-refractivity contribution is 7.17. The summed E-state index contributed by atoms with van der Waals surface area (Å²) in [6.07, 6.45) is 2.52. The number of piperidine rings is 1. The molecular formula is C13H14ClNS. The molecule has 3 rings (SSSR count). The Balaban J connectivity index is 2.03. The number of rotatable bonds is 1. The van der Waals surface area contributed by atoms with Crippen LogP contribution in [0.4, 0.5) is 0 Å². The van der Waals surface area contributed by atoms with Crippen LogP contribution in [0, 0.1) is 0 Å². The molecule has 3 heteroatoms. The van der Waals surface area contributed by atoms with E-state index in [0.29, 0.717) is 0 Å². The maximum Gasteiger partial charge on any atom is 0.0420 e. The highest BCUT2D eigenvalue weighted by Gasteiger charge is 2.18. The van der Waals surface area contributed by atoms with Crippen molar-refractivity contribution < 1.29 is 0 Å². The minimum atomic E-state index is 0.733. The third kappa shape index (κ3) is 1.86. The predicted octanol–water partition coefficient (Wildman–Crippen LogP) is 4.02. The van der Waals surface area contributed by atoms with Crippen molar-refractivity contribution in [3.05, 3.63) is 34.2 Å². The number of fused-ring (bicyclic) bond motifs is 1. The number of thiophene rings is 1. The Labute approximate surface area is 104 Å². The van der Waals surface area contributed by atoms with Crippen molar-refractivity contribution in [2.45, 2.75) is 18.8 Å². The fraction of sp³-hybridized carbons (Fsp3) is 0.385. The lowest BCUT2D eigenvalue weighted by atomic mass is 9.90. The van der Waals surface area contributed by atoms with Crippen LogP contribution in [0.3, 0.4) is 0 Å². The monoisotopic (exact) mass is 251 g/mol. The van der Waals surface area contributed by atoms with Crippen molar-refractivity contribution in [1.29, 1.82) is 0 Å². The van der Waals surface area contributed by atoms with Crippen LogP contribution in [-0.2, 0) is 0 Å². The topological polar surface area (TPSA) is 12.0 Å². The van der Waals surface area contributed by atoms with Gasteiger partial charge in [-0.15, -0.1) is 11.3 Å². The second kappa shape index (κ2) is 4.36. The first-order chi connectivity index (χ1) is 7.84. The lowest BCUT2D eigenvalue weighted by Crippen LogP contribution is -2.26. The van der Waals surface area contributed by atoms with Gasteiger partial charge in [0.05, 0.1) is 0 Å². The van der Waals surface area contributed by atoms with Crippen molar-refractivity contribution in [3.8, 4) is 0 Å². The van der Waals surface area contributed by atoms with E-state index in [1.165, 1.54) is 28.5 Å². The van der Waals surface area contributed by atoms with Gasteiger partial charge in [0.25, 0.3) is 0 Å². The van der Waals surface area contributed by atoms with Crippen LogP contribution in [0.2, 0.25) is 5.02 Å². The maximum atomic E-state index is 6.01. The number of nitrogens with one attached hydrogen (secondary N) is 1. The van der Waals surface area contributed by atoms with Crippen LogP contribution in [0.25, 0.3) is 10.1 Å². The SMILES string of the molecule is Clc1ccc2c(C3CCNCC3)csc2c1. The molecule has 0 amide bonds. The van der Waals surface area contributed by atoms with E-state index in [4.69, 9.17) is 11.6 Å². The molecule has 1 aromatic heterocycles. The summed E-state index contributed by atoms with van der Waals surface area (Å²) in [6, 6.07) is 6.25. The van der Waals surface area contributed by atoms with E-state index in [-0.39, 0.29) is 0 Å². The quantitative estimate of drug-likeness (QED) is 0.807. The summed E-state index contributed by atoms with van der Waals surface area (Å²) < 4.78 is 1.32. The molecule has 2 heterocycles. The lowest BCUT2D eigenvalue weighted by Gasteiger charge is -2.22. The predicted molar refractivity (Wildman–Crippen MR) is 71.7 cm³/mol. The molecule has 1 aliphatic heterocycles. The standard InChI is InChI=1S/C13H14ClNS/c14-10-1-2-11-12(8-16-13(11)7-10)9-3-5-15-6-4-9/h1-2,7-9,15H,3-6H2. The molecule has 1 nitrogen and oxygen atoms in total. The molecule has 84 valence electrons. The van der Waals surface area contributed by atoms with Gasteiger partial charge < -0.3 is 5.32 Å². The molecule has 1 aromatic carbocycles. The first-order valence-electron chi connectivity index (χ1n) is 5.72. The third-order valence-corrected chi connectivity index (χ3v) is 4.55. The largest absolute Gasteiger partial charge is 0.317 e. The summed E-state index contributed by atoms with van der Waals surface area (Å²) in [5, 5.41) is 7.98. The molecule has 1 fully saturated rings. The van der Waals surface area contributed by atoms with Crippen LogP contribution in [-0.4, -0.2) is 13.1 Å². The molecule has 0 saturated carbocycles. The van der Waals surface area contributed by atoms with Gasteiger partial charge in [0.1, 0.15) is 0 Å². The summed E-state index contributed by atoms with van der Waals surface area (Å²) in [4.78, 5) is 0. The Morgan fingerprint density at radius 1 is 1.25 bits per heavy atom. The van der Waals surface area contributed by atoms with E-state index in [2.05, 4.69) is 22.8 Å². The first kappa shape index (κ1) is 10.6. The molecule has 0 radical (unpaired) electrons. The second-order valence-electron chi connectivity index (χ2n) is 4.36. The molecule has 1 saturated heterocycles. The second-order valence-corrected chi connectivity index (χ2v) is 5.70. The van der Waals surface area contributed by atoms with Crippen molar-refractivity contribution in [2.24, 2.45) is 0 Å². The first-order valence-corrected chi connectivity index (χ1v) is 6.98. The van der Waals surface area contributed by atoms with E-state index in [0.717, 1.165) is 24.0 Å². The van der Waals surface area contributed by atoms with Crippen molar-refractivity contribution in [2.75, 3.05) is 13.1 Å². The summed E-state index contributed by atoms with van der Waals surface area (Å²) in [5.41, 5.74) is 1.53.